The first-order valence-electron chi connectivity index (χ1n) is 6.52. The maximum absolute atomic E-state index is 12.1. The molecule has 1 aromatic rings. The van der Waals surface area contributed by atoms with Crippen LogP contribution in [0.5, 0.6) is 0 Å². The maximum Gasteiger partial charge on any atom is 0.337 e. The van der Waals surface area contributed by atoms with Gasteiger partial charge >= 0.3 is 12.0 Å². The molecule has 1 aliphatic rings. The van der Waals surface area contributed by atoms with Crippen molar-refractivity contribution in [1.82, 2.24) is 4.90 Å². The number of aliphatic hydroxyl groups is 1. The first-order valence-corrected chi connectivity index (χ1v) is 6.52. The number of methoxy groups -OCH3 is 1. The number of amides is 2. The van der Waals surface area contributed by atoms with Gasteiger partial charge in [0.05, 0.1) is 25.3 Å². The standard InChI is InChI=1S/C14H18N2O4/c1-20-13(18)10-4-6-11(7-5-10)15-14(19)16-8-2-3-12(16)9-17/h4-7,12,17H,2-3,8-9H2,1H3,(H,15,19). The van der Waals surface area contributed by atoms with E-state index in [9.17, 15) is 14.7 Å². The van der Waals surface area contributed by atoms with Gasteiger partial charge in [-0.25, -0.2) is 9.59 Å². The Morgan fingerprint density at radius 3 is 2.70 bits per heavy atom. The zero-order chi connectivity index (χ0) is 14.5. The van der Waals surface area contributed by atoms with E-state index >= 15 is 0 Å². The van der Waals surface area contributed by atoms with Crippen molar-refractivity contribution in [3.8, 4) is 0 Å². The Balaban J connectivity index is 1.99. The molecule has 0 aromatic heterocycles. The van der Waals surface area contributed by atoms with Gasteiger partial charge < -0.3 is 20.1 Å². The first kappa shape index (κ1) is 14.3. The van der Waals surface area contributed by atoms with Gasteiger partial charge in [0.2, 0.25) is 0 Å². The van der Waals surface area contributed by atoms with Gasteiger partial charge in [-0.2, -0.15) is 0 Å². The number of nitrogens with zero attached hydrogens (tertiary/aromatic N) is 1. The van der Waals surface area contributed by atoms with E-state index in [1.54, 1.807) is 29.2 Å². The molecular formula is C14H18N2O4. The van der Waals surface area contributed by atoms with E-state index in [2.05, 4.69) is 10.1 Å². The summed E-state index contributed by atoms with van der Waals surface area (Å²) in [4.78, 5) is 25.0. The molecule has 6 nitrogen and oxygen atoms in total. The van der Waals surface area contributed by atoms with Gasteiger partial charge in [0.1, 0.15) is 0 Å². The van der Waals surface area contributed by atoms with Crippen LogP contribution in [-0.2, 0) is 4.74 Å². The second kappa shape index (κ2) is 6.38. The summed E-state index contributed by atoms with van der Waals surface area (Å²) in [5.74, 6) is -0.414. The van der Waals surface area contributed by atoms with E-state index in [1.165, 1.54) is 7.11 Å². The molecule has 20 heavy (non-hydrogen) atoms. The van der Waals surface area contributed by atoms with Crippen molar-refractivity contribution in [2.24, 2.45) is 0 Å². The Labute approximate surface area is 117 Å². The molecule has 2 N–H and O–H groups in total. The average Bonchev–Trinajstić information content (AvgIpc) is 2.95. The predicted molar refractivity (Wildman–Crippen MR) is 73.6 cm³/mol. The number of carbonyl (C=O) groups excluding carboxylic acids is 2. The smallest absolute Gasteiger partial charge is 0.337 e. The van der Waals surface area contributed by atoms with Crippen molar-refractivity contribution in [2.75, 3.05) is 25.6 Å². The number of nitrogens with one attached hydrogen (secondary N) is 1. The summed E-state index contributed by atoms with van der Waals surface area (Å²) in [5, 5.41) is 12.0. The van der Waals surface area contributed by atoms with Crippen LogP contribution in [0.15, 0.2) is 24.3 Å². The highest BCUT2D eigenvalue weighted by molar-refractivity contribution is 5.92. The second-order valence-electron chi connectivity index (χ2n) is 4.67. The van der Waals surface area contributed by atoms with E-state index in [4.69, 9.17) is 0 Å². The van der Waals surface area contributed by atoms with Crippen molar-refractivity contribution >= 4 is 17.7 Å². The van der Waals surface area contributed by atoms with Crippen molar-refractivity contribution < 1.29 is 19.4 Å². The highest BCUT2D eigenvalue weighted by Gasteiger charge is 2.27. The van der Waals surface area contributed by atoms with Gasteiger partial charge in [0.15, 0.2) is 0 Å². The topological polar surface area (TPSA) is 78.9 Å². The number of rotatable bonds is 3. The summed E-state index contributed by atoms with van der Waals surface area (Å²) in [7, 11) is 1.32. The monoisotopic (exact) mass is 278 g/mol. The number of carbonyl (C=O) groups is 2. The molecule has 1 aromatic carbocycles. The lowest BCUT2D eigenvalue weighted by atomic mass is 10.2. The normalized spacial score (nSPS) is 17.9. The Bertz CT molecular complexity index is 486. The molecule has 108 valence electrons. The largest absolute Gasteiger partial charge is 0.465 e. The average molecular weight is 278 g/mol. The van der Waals surface area contributed by atoms with Crippen LogP contribution in [0.25, 0.3) is 0 Å². The molecule has 1 fully saturated rings. The molecule has 2 rings (SSSR count). The zero-order valence-corrected chi connectivity index (χ0v) is 11.3. The maximum atomic E-state index is 12.1. The fourth-order valence-corrected chi connectivity index (χ4v) is 2.30. The van der Waals surface area contributed by atoms with Crippen molar-refractivity contribution in [2.45, 2.75) is 18.9 Å². The number of ether oxygens (including phenoxy) is 1. The minimum absolute atomic E-state index is 0.0191. The summed E-state index contributed by atoms with van der Waals surface area (Å²) >= 11 is 0. The quantitative estimate of drug-likeness (QED) is 0.820. The summed E-state index contributed by atoms with van der Waals surface area (Å²) in [5.41, 5.74) is 1.03. The van der Waals surface area contributed by atoms with E-state index in [1.807, 2.05) is 0 Å². The van der Waals surface area contributed by atoms with Gasteiger partial charge in [0, 0.05) is 12.2 Å². The van der Waals surface area contributed by atoms with Crippen LogP contribution >= 0.6 is 0 Å². The van der Waals surface area contributed by atoms with E-state index < -0.39 is 5.97 Å². The number of aliphatic hydroxyl groups excluding tert-OH is 1. The summed E-state index contributed by atoms with van der Waals surface area (Å²) < 4.78 is 4.60. The number of urea groups is 1. The Morgan fingerprint density at radius 1 is 1.40 bits per heavy atom. The Kier molecular flexibility index (Phi) is 4.57. The third kappa shape index (κ3) is 3.08. The number of hydrogen-bond acceptors (Lipinski definition) is 4. The lowest BCUT2D eigenvalue weighted by molar-refractivity contribution is 0.0601. The molecule has 1 atom stereocenters. The lowest BCUT2D eigenvalue weighted by Crippen LogP contribution is -2.40. The molecule has 0 radical (unpaired) electrons. The number of anilines is 1. The van der Waals surface area contributed by atoms with Crippen LogP contribution in [-0.4, -0.2) is 48.3 Å². The molecule has 0 bridgehead atoms. The number of benzene rings is 1. The molecule has 0 spiro atoms. The lowest BCUT2D eigenvalue weighted by Gasteiger charge is -2.23. The molecular weight excluding hydrogens is 260 g/mol. The highest BCUT2D eigenvalue weighted by Crippen LogP contribution is 2.18. The number of hydrogen-bond donors (Lipinski definition) is 2. The number of esters is 1. The van der Waals surface area contributed by atoms with Crippen LogP contribution in [0.2, 0.25) is 0 Å². The van der Waals surface area contributed by atoms with Gasteiger partial charge in [-0.05, 0) is 37.1 Å². The van der Waals surface area contributed by atoms with E-state index in [0.717, 1.165) is 12.8 Å². The van der Waals surface area contributed by atoms with Gasteiger partial charge in [-0.1, -0.05) is 0 Å². The van der Waals surface area contributed by atoms with Crippen LogP contribution in [0.1, 0.15) is 23.2 Å². The van der Waals surface area contributed by atoms with Crippen LogP contribution in [0.4, 0.5) is 10.5 Å². The molecule has 6 heteroatoms. The molecule has 1 heterocycles. The third-order valence-electron chi connectivity index (χ3n) is 3.41. The third-order valence-corrected chi connectivity index (χ3v) is 3.41. The van der Waals surface area contributed by atoms with Crippen molar-refractivity contribution in [3.05, 3.63) is 29.8 Å². The SMILES string of the molecule is COC(=O)c1ccc(NC(=O)N2CCCC2CO)cc1. The van der Waals surface area contributed by atoms with Gasteiger partial charge in [-0.15, -0.1) is 0 Å². The van der Waals surface area contributed by atoms with Gasteiger partial charge in [0.25, 0.3) is 0 Å². The van der Waals surface area contributed by atoms with Crippen LogP contribution < -0.4 is 5.32 Å². The fourth-order valence-electron chi connectivity index (χ4n) is 2.30. The Morgan fingerprint density at radius 2 is 2.10 bits per heavy atom. The summed E-state index contributed by atoms with van der Waals surface area (Å²) in [6.07, 6.45) is 1.73. The minimum atomic E-state index is -0.414. The summed E-state index contributed by atoms with van der Waals surface area (Å²) in [6.45, 7) is 0.631. The van der Waals surface area contributed by atoms with E-state index in [-0.39, 0.29) is 18.7 Å². The second-order valence-corrected chi connectivity index (χ2v) is 4.67. The number of likely N-dealkylation sites (tertiary alicyclic amines) is 1. The molecule has 0 aliphatic carbocycles. The molecule has 0 saturated carbocycles. The van der Waals surface area contributed by atoms with Gasteiger partial charge in [-0.3, -0.25) is 0 Å². The fraction of sp³-hybridized carbons (Fsp3) is 0.429. The van der Waals surface area contributed by atoms with Crippen LogP contribution in [0, 0.1) is 0 Å². The van der Waals surface area contributed by atoms with Crippen LogP contribution in [0.3, 0.4) is 0 Å². The Hall–Kier alpha value is -2.08. The van der Waals surface area contributed by atoms with E-state index in [0.29, 0.717) is 17.8 Å². The first-order chi connectivity index (χ1) is 9.65. The molecule has 2 amide bonds. The molecule has 1 unspecified atom stereocenters. The summed E-state index contributed by atoms with van der Waals surface area (Å²) in [6, 6.07) is 6.14. The molecule has 1 saturated heterocycles. The predicted octanol–water partition coefficient (Wildman–Crippen LogP) is 1.46. The minimum Gasteiger partial charge on any atom is -0.465 e. The zero-order valence-electron chi connectivity index (χ0n) is 11.3. The van der Waals surface area contributed by atoms with Crippen molar-refractivity contribution in [1.29, 1.82) is 0 Å². The molecule has 1 aliphatic heterocycles. The van der Waals surface area contributed by atoms with Crippen molar-refractivity contribution in [3.63, 3.8) is 0 Å². The highest BCUT2D eigenvalue weighted by atomic mass is 16.5.